The molecule has 56 heavy (non-hydrogen) atoms. The van der Waals surface area contributed by atoms with Crippen LogP contribution in [0.3, 0.4) is 0 Å². The van der Waals surface area contributed by atoms with Gasteiger partial charge in [-0.05, 0) is 44.9 Å². The second-order valence-corrected chi connectivity index (χ2v) is 17.2. The third kappa shape index (κ3) is 38.3. The van der Waals surface area contributed by atoms with Gasteiger partial charge in [-0.2, -0.15) is 0 Å². The molecule has 0 aromatic rings. The Balaban J connectivity index is 3.71. The van der Waals surface area contributed by atoms with Crippen LogP contribution < -0.4 is 5.32 Å². The SMILES string of the molecule is CCCCCCCCCCC/C=C\C/C=C\CCCCCCCCC(O)C(=O)NC(CO)C(O)C(O)CCCCCCCCCCCCCCCCCCCC. The number of carbonyl (C=O) groups excluding carboxylic acids is 1. The minimum Gasteiger partial charge on any atom is -0.394 e. The number of nitrogens with one attached hydrogen (secondary N) is 1. The molecule has 0 aromatic carbocycles. The maximum Gasteiger partial charge on any atom is 0.249 e. The summed E-state index contributed by atoms with van der Waals surface area (Å²) in [5.41, 5.74) is 0. The largest absolute Gasteiger partial charge is 0.394 e. The standard InChI is InChI=1S/C50H97NO5/c1-3-5-7-9-11-13-15-17-19-21-23-24-25-26-28-30-32-34-36-38-40-42-44-48(54)50(56)51-46(45-52)49(55)47(53)43-41-39-37-35-33-31-29-27-22-20-18-16-14-12-10-8-6-4-2/h23-24,26,28,46-49,52-55H,3-22,25,27,29-45H2,1-2H3,(H,51,56)/b24-23-,28-26-. The second kappa shape index (κ2) is 44.9. The predicted molar refractivity (Wildman–Crippen MR) is 242 cm³/mol. The first-order valence-corrected chi connectivity index (χ1v) is 24.7. The van der Waals surface area contributed by atoms with Crippen molar-refractivity contribution in [3.63, 3.8) is 0 Å². The van der Waals surface area contributed by atoms with E-state index in [-0.39, 0.29) is 0 Å². The molecule has 0 spiro atoms. The van der Waals surface area contributed by atoms with Gasteiger partial charge in [-0.15, -0.1) is 0 Å². The van der Waals surface area contributed by atoms with Crippen molar-refractivity contribution in [1.29, 1.82) is 0 Å². The van der Waals surface area contributed by atoms with E-state index in [1.807, 2.05) is 0 Å². The Morgan fingerprint density at radius 2 is 0.768 bits per heavy atom. The average Bonchev–Trinajstić information content (AvgIpc) is 3.20. The zero-order chi connectivity index (χ0) is 41.0. The van der Waals surface area contributed by atoms with Crippen LogP contribution in [-0.2, 0) is 4.79 Å². The summed E-state index contributed by atoms with van der Waals surface area (Å²) in [5, 5.41) is 43.8. The van der Waals surface area contributed by atoms with E-state index in [9.17, 15) is 25.2 Å². The van der Waals surface area contributed by atoms with Gasteiger partial charge in [-0.25, -0.2) is 0 Å². The molecule has 0 aliphatic rings. The Morgan fingerprint density at radius 3 is 1.12 bits per heavy atom. The molecule has 0 aliphatic carbocycles. The molecule has 4 unspecified atom stereocenters. The number of hydrogen-bond donors (Lipinski definition) is 5. The van der Waals surface area contributed by atoms with Gasteiger partial charge in [0.25, 0.3) is 0 Å². The van der Waals surface area contributed by atoms with Crippen molar-refractivity contribution < 1.29 is 25.2 Å². The molecule has 0 fully saturated rings. The topological polar surface area (TPSA) is 110 Å². The first-order valence-electron chi connectivity index (χ1n) is 24.7. The fraction of sp³-hybridized carbons (Fsp3) is 0.900. The molecule has 0 radical (unpaired) electrons. The average molecular weight is 792 g/mol. The number of amides is 1. The summed E-state index contributed by atoms with van der Waals surface area (Å²) in [4.78, 5) is 12.5. The van der Waals surface area contributed by atoms with Crippen LogP contribution in [0.5, 0.6) is 0 Å². The summed E-state index contributed by atoms with van der Waals surface area (Å²) in [6.07, 6.45) is 52.1. The summed E-state index contributed by atoms with van der Waals surface area (Å²) in [6, 6.07) is -0.989. The lowest BCUT2D eigenvalue weighted by Crippen LogP contribution is -2.53. The van der Waals surface area contributed by atoms with E-state index in [4.69, 9.17) is 0 Å². The van der Waals surface area contributed by atoms with Gasteiger partial charge >= 0.3 is 0 Å². The zero-order valence-electron chi connectivity index (χ0n) is 37.4. The molecule has 332 valence electrons. The van der Waals surface area contributed by atoms with Gasteiger partial charge in [0.1, 0.15) is 12.2 Å². The van der Waals surface area contributed by atoms with Gasteiger partial charge in [0.15, 0.2) is 0 Å². The van der Waals surface area contributed by atoms with Crippen LogP contribution in [0.4, 0.5) is 0 Å². The Bertz CT molecular complexity index is 847. The molecule has 6 heteroatoms. The van der Waals surface area contributed by atoms with E-state index < -0.39 is 36.9 Å². The van der Waals surface area contributed by atoms with Gasteiger partial charge < -0.3 is 25.7 Å². The molecule has 0 saturated heterocycles. The number of aliphatic hydroxyl groups is 4. The van der Waals surface area contributed by atoms with Gasteiger partial charge in [-0.3, -0.25) is 4.79 Å². The number of unbranched alkanes of at least 4 members (excludes halogenated alkanes) is 32. The number of hydrogen-bond acceptors (Lipinski definition) is 5. The molecule has 0 rings (SSSR count). The highest BCUT2D eigenvalue weighted by molar-refractivity contribution is 5.80. The predicted octanol–water partition coefficient (Wildman–Crippen LogP) is 13.5. The first-order chi connectivity index (χ1) is 27.5. The Labute approximate surface area is 348 Å². The van der Waals surface area contributed by atoms with Crippen LogP contribution in [0.1, 0.15) is 258 Å². The van der Waals surface area contributed by atoms with Gasteiger partial charge in [-0.1, -0.05) is 237 Å². The van der Waals surface area contributed by atoms with E-state index >= 15 is 0 Å². The van der Waals surface area contributed by atoms with Crippen LogP contribution in [0.15, 0.2) is 24.3 Å². The number of carbonyl (C=O) groups is 1. The lowest BCUT2D eigenvalue weighted by molar-refractivity contribution is -0.132. The Morgan fingerprint density at radius 1 is 0.446 bits per heavy atom. The summed E-state index contributed by atoms with van der Waals surface area (Å²) >= 11 is 0. The van der Waals surface area contributed by atoms with Crippen molar-refractivity contribution in [2.24, 2.45) is 0 Å². The monoisotopic (exact) mass is 792 g/mol. The lowest BCUT2D eigenvalue weighted by Gasteiger charge is -2.27. The molecule has 0 aromatic heterocycles. The second-order valence-electron chi connectivity index (χ2n) is 17.2. The van der Waals surface area contributed by atoms with E-state index in [2.05, 4.69) is 43.5 Å². The fourth-order valence-electron chi connectivity index (χ4n) is 7.73. The van der Waals surface area contributed by atoms with E-state index in [0.717, 1.165) is 57.8 Å². The molecule has 6 nitrogen and oxygen atoms in total. The van der Waals surface area contributed by atoms with E-state index in [1.54, 1.807) is 0 Å². The molecule has 0 bridgehead atoms. The summed E-state index contributed by atoms with van der Waals surface area (Å²) in [7, 11) is 0. The Kier molecular flexibility index (Phi) is 43.9. The lowest BCUT2D eigenvalue weighted by atomic mass is 9.99. The Hall–Kier alpha value is -1.21. The van der Waals surface area contributed by atoms with Gasteiger partial charge in [0, 0.05) is 0 Å². The number of rotatable bonds is 45. The highest BCUT2D eigenvalue weighted by Gasteiger charge is 2.28. The maximum atomic E-state index is 12.5. The molecular weight excluding hydrogens is 695 g/mol. The quantitative estimate of drug-likeness (QED) is 0.0312. The van der Waals surface area contributed by atoms with E-state index in [0.29, 0.717) is 12.8 Å². The molecule has 0 saturated carbocycles. The van der Waals surface area contributed by atoms with Crippen LogP contribution >= 0.6 is 0 Å². The summed E-state index contributed by atoms with van der Waals surface area (Å²) < 4.78 is 0. The molecule has 5 N–H and O–H groups in total. The minimum atomic E-state index is -1.26. The van der Waals surface area contributed by atoms with Crippen molar-refractivity contribution in [2.75, 3.05) is 6.61 Å². The maximum absolute atomic E-state index is 12.5. The summed E-state index contributed by atoms with van der Waals surface area (Å²) in [5.74, 6) is -0.589. The zero-order valence-corrected chi connectivity index (χ0v) is 37.4. The van der Waals surface area contributed by atoms with Crippen LogP contribution in [0, 0.1) is 0 Å². The van der Waals surface area contributed by atoms with Crippen molar-refractivity contribution >= 4 is 5.91 Å². The minimum absolute atomic E-state index is 0.358. The van der Waals surface area contributed by atoms with Crippen molar-refractivity contribution in [3.8, 4) is 0 Å². The third-order valence-corrected chi connectivity index (χ3v) is 11.7. The van der Waals surface area contributed by atoms with Crippen LogP contribution in [-0.4, -0.2) is 57.3 Å². The molecular formula is C50H97NO5. The highest BCUT2D eigenvalue weighted by atomic mass is 16.3. The molecule has 4 atom stereocenters. The fourth-order valence-corrected chi connectivity index (χ4v) is 7.73. The highest BCUT2D eigenvalue weighted by Crippen LogP contribution is 2.17. The molecule has 1 amide bonds. The summed E-state index contributed by atoms with van der Waals surface area (Å²) in [6.45, 7) is 4.07. The third-order valence-electron chi connectivity index (χ3n) is 11.7. The number of aliphatic hydroxyl groups excluding tert-OH is 4. The van der Waals surface area contributed by atoms with E-state index in [1.165, 1.54) is 173 Å². The van der Waals surface area contributed by atoms with Crippen LogP contribution in [0.2, 0.25) is 0 Å². The number of allylic oxidation sites excluding steroid dienone is 4. The van der Waals surface area contributed by atoms with Crippen molar-refractivity contribution in [2.45, 2.75) is 282 Å². The van der Waals surface area contributed by atoms with Crippen molar-refractivity contribution in [1.82, 2.24) is 5.32 Å². The normalized spacial score (nSPS) is 14.2. The smallest absolute Gasteiger partial charge is 0.249 e. The molecule has 0 aliphatic heterocycles. The van der Waals surface area contributed by atoms with Crippen molar-refractivity contribution in [3.05, 3.63) is 24.3 Å². The van der Waals surface area contributed by atoms with Gasteiger partial charge in [0.05, 0.1) is 18.8 Å². The van der Waals surface area contributed by atoms with Crippen LogP contribution in [0.25, 0.3) is 0 Å². The molecule has 0 heterocycles. The van der Waals surface area contributed by atoms with Gasteiger partial charge in [0.2, 0.25) is 5.91 Å². The first kappa shape index (κ1) is 54.8.